The van der Waals surface area contributed by atoms with E-state index in [1.54, 1.807) is 7.11 Å². The summed E-state index contributed by atoms with van der Waals surface area (Å²) in [5.74, 6) is 1.54. The van der Waals surface area contributed by atoms with E-state index in [-0.39, 0.29) is 0 Å². The molecule has 0 aliphatic heterocycles. The molecule has 0 spiro atoms. The van der Waals surface area contributed by atoms with Gasteiger partial charge in [0.25, 0.3) is 0 Å². The molecule has 0 saturated heterocycles. The first kappa shape index (κ1) is 18.5. The van der Waals surface area contributed by atoms with Gasteiger partial charge in [0.1, 0.15) is 6.10 Å². The van der Waals surface area contributed by atoms with Gasteiger partial charge < -0.3 is 20.1 Å². The number of aromatic nitrogens is 1. The third-order valence-electron chi connectivity index (χ3n) is 3.97. The molecule has 24 heavy (non-hydrogen) atoms. The summed E-state index contributed by atoms with van der Waals surface area (Å²) < 4.78 is 10.9. The second kappa shape index (κ2) is 10.9. The van der Waals surface area contributed by atoms with Gasteiger partial charge in [-0.1, -0.05) is 6.07 Å². The molecule has 6 nitrogen and oxygen atoms in total. The minimum atomic E-state index is 0.345. The summed E-state index contributed by atoms with van der Waals surface area (Å²) in [4.78, 5) is 8.99. The molecule has 1 fully saturated rings. The molecule has 134 valence electrons. The lowest BCUT2D eigenvalue weighted by Crippen LogP contribution is -2.38. The number of rotatable bonds is 9. The quantitative estimate of drug-likeness (QED) is 0.413. The molecule has 1 heterocycles. The number of pyridine rings is 1. The van der Waals surface area contributed by atoms with Gasteiger partial charge in [0.15, 0.2) is 5.96 Å². The van der Waals surface area contributed by atoms with E-state index in [4.69, 9.17) is 9.47 Å². The van der Waals surface area contributed by atoms with Crippen LogP contribution < -0.4 is 15.4 Å². The van der Waals surface area contributed by atoms with E-state index < -0.39 is 0 Å². The Morgan fingerprint density at radius 1 is 1.29 bits per heavy atom. The first-order valence-corrected chi connectivity index (χ1v) is 8.94. The van der Waals surface area contributed by atoms with Crippen LogP contribution in [0.1, 0.15) is 44.6 Å². The molecule has 2 N–H and O–H groups in total. The predicted molar refractivity (Wildman–Crippen MR) is 96.4 cm³/mol. The van der Waals surface area contributed by atoms with Crippen LogP contribution in [0.2, 0.25) is 0 Å². The molecule has 1 saturated carbocycles. The van der Waals surface area contributed by atoms with Crippen molar-refractivity contribution in [2.24, 2.45) is 4.99 Å². The number of nitrogens with one attached hydrogen (secondary N) is 2. The standard InChI is InChI=1S/C18H30N4O2/c1-3-19-18(20-11-6-12-23-2)22-14-15-9-10-17(21-13-15)24-16-7-4-5-8-16/h9-10,13,16H,3-8,11-12,14H2,1-2H3,(H2,19,20,22). The molecule has 1 aliphatic rings. The zero-order valence-electron chi connectivity index (χ0n) is 14.9. The van der Waals surface area contributed by atoms with Crippen molar-refractivity contribution in [3.63, 3.8) is 0 Å². The normalized spacial score (nSPS) is 15.5. The van der Waals surface area contributed by atoms with Crippen LogP contribution in [0.15, 0.2) is 23.3 Å². The van der Waals surface area contributed by atoms with Gasteiger partial charge in [-0.3, -0.25) is 0 Å². The van der Waals surface area contributed by atoms with E-state index in [1.165, 1.54) is 12.8 Å². The zero-order valence-corrected chi connectivity index (χ0v) is 14.9. The maximum absolute atomic E-state index is 5.89. The minimum Gasteiger partial charge on any atom is -0.474 e. The molecule has 0 atom stereocenters. The Balaban J connectivity index is 1.80. The lowest BCUT2D eigenvalue weighted by Gasteiger charge is -2.12. The molecular formula is C18H30N4O2. The van der Waals surface area contributed by atoms with Crippen LogP contribution in [0.5, 0.6) is 5.88 Å². The van der Waals surface area contributed by atoms with Gasteiger partial charge in [-0.2, -0.15) is 0 Å². The highest BCUT2D eigenvalue weighted by Crippen LogP contribution is 2.22. The summed E-state index contributed by atoms with van der Waals surface area (Å²) >= 11 is 0. The molecule has 0 amide bonds. The second-order valence-electron chi connectivity index (χ2n) is 6.00. The Morgan fingerprint density at radius 3 is 2.79 bits per heavy atom. The number of aliphatic imine (C=N–C) groups is 1. The van der Waals surface area contributed by atoms with Crippen LogP contribution in [0.25, 0.3) is 0 Å². The molecule has 0 radical (unpaired) electrons. The molecule has 0 unspecified atom stereocenters. The Kier molecular flexibility index (Phi) is 8.38. The van der Waals surface area contributed by atoms with Crippen molar-refractivity contribution < 1.29 is 9.47 Å². The molecule has 0 aromatic carbocycles. The number of guanidine groups is 1. The Hall–Kier alpha value is -1.82. The molecule has 6 heteroatoms. The highest BCUT2D eigenvalue weighted by Gasteiger charge is 2.16. The summed E-state index contributed by atoms with van der Waals surface area (Å²) in [5, 5.41) is 6.54. The van der Waals surface area contributed by atoms with Crippen molar-refractivity contribution in [2.45, 2.75) is 51.7 Å². The van der Waals surface area contributed by atoms with Crippen LogP contribution in [0, 0.1) is 0 Å². The van der Waals surface area contributed by atoms with Crippen molar-refractivity contribution in [1.29, 1.82) is 0 Å². The summed E-state index contributed by atoms with van der Waals surface area (Å²) in [5.41, 5.74) is 1.07. The van der Waals surface area contributed by atoms with Gasteiger partial charge in [-0.15, -0.1) is 0 Å². The topological polar surface area (TPSA) is 67.8 Å². The van der Waals surface area contributed by atoms with E-state index in [1.807, 2.05) is 18.3 Å². The highest BCUT2D eigenvalue weighted by atomic mass is 16.5. The lowest BCUT2D eigenvalue weighted by atomic mass is 10.3. The number of hydrogen-bond donors (Lipinski definition) is 2. The van der Waals surface area contributed by atoms with E-state index in [0.717, 1.165) is 56.4 Å². The number of nitrogens with zero attached hydrogens (tertiary/aromatic N) is 2. The highest BCUT2D eigenvalue weighted by molar-refractivity contribution is 5.79. The average molecular weight is 334 g/mol. The summed E-state index contributed by atoms with van der Waals surface area (Å²) in [6.07, 6.45) is 7.98. The van der Waals surface area contributed by atoms with Gasteiger partial charge in [-0.25, -0.2) is 9.98 Å². The Labute approximate surface area is 145 Å². The van der Waals surface area contributed by atoms with E-state index in [2.05, 4.69) is 27.5 Å². The Morgan fingerprint density at radius 2 is 2.12 bits per heavy atom. The predicted octanol–water partition coefficient (Wildman–Crippen LogP) is 2.49. The van der Waals surface area contributed by atoms with Gasteiger partial charge in [0.2, 0.25) is 5.88 Å². The lowest BCUT2D eigenvalue weighted by molar-refractivity contribution is 0.195. The Bertz CT molecular complexity index is 484. The SMILES string of the molecule is CCNC(=NCc1ccc(OC2CCCC2)nc1)NCCCOC. The fourth-order valence-electron chi connectivity index (χ4n) is 2.69. The molecule has 2 rings (SSSR count). The van der Waals surface area contributed by atoms with Crippen LogP contribution >= 0.6 is 0 Å². The average Bonchev–Trinajstić information content (AvgIpc) is 3.11. The monoisotopic (exact) mass is 334 g/mol. The molecule has 0 bridgehead atoms. The number of methoxy groups -OCH3 is 1. The van der Waals surface area contributed by atoms with Gasteiger partial charge in [0, 0.05) is 39.1 Å². The van der Waals surface area contributed by atoms with Crippen molar-refractivity contribution in [3.05, 3.63) is 23.9 Å². The molecular weight excluding hydrogens is 304 g/mol. The smallest absolute Gasteiger partial charge is 0.213 e. The van der Waals surface area contributed by atoms with Crippen molar-refractivity contribution >= 4 is 5.96 Å². The van der Waals surface area contributed by atoms with Gasteiger partial charge >= 0.3 is 0 Å². The first-order valence-electron chi connectivity index (χ1n) is 8.94. The van der Waals surface area contributed by atoms with Gasteiger partial charge in [-0.05, 0) is 44.6 Å². The summed E-state index contributed by atoms with van der Waals surface area (Å²) in [7, 11) is 1.71. The number of ether oxygens (including phenoxy) is 2. The molecule has 1 aromatic rings. The second-order valence-corrected chi connectivity index (χ2v) is 6.00. The van der Waals surface area contributed by atoms with E-state index in [0.29, 0.717) is 12.6 Å². The zero-order chi connectivity index (χ0) is 17.0. The van der Waals surface area contributed by atoms with Crippen molar-refractivity contribution in [2.75, 3.05) is 26.8 Å². The van der Waals surface area contributed by atoms with Crippen molar-refractivity contribution in [1.82, 2.24) is 15.6 Å². The fraction of sp³-hybridized carbons (Fsp3) is 0.667. The van der Waals surface area contributed by atoms with Crippen molar-refractivity contribution in [3.8, 4) is 5.88 Å². The van der Waals surface area contributed by atoms with E-state index >= 15 is 0 Å². The first-order chi connectivity index (χ1) is 11.8. The molecule has 1 aliphatic carbocycles. The van der Waals surface area contributed by atoms with Crippen LogP contribution in [0.3, 0.4) is 0 Å². The maximum atomic E-state index is 5.89. The summed E-state index contributed by atoms with van der Waals surface area (Å²) in [6, 6.07) is 3.98. The third kappa shape index (κ3) is 6.74. The van der Waals surface area contributed by atoms with Crippen LogP contribution in [-0.4, -0.2) is 43.9 Å². The number of hydrogen-bond acceptors (Lipinski definition) is 4. The largest absolute Gasteiger partial charge is 0.474 e. The maximum Gasteiger partial charge on any atom is 0.213 e. The van der Waals surface area contributed by atoms with Gasteiger partial charge in [0.05, 0.1) is 6.54 Å². The fourth-order valence-corrected chi connectivity index (χ4v) is 2.69. The summed E-state index contributed by atoms with van der Waals surface area (Å²) in [6.45, 7) is 5.08. The van der Waals surface area contributed by atoms with Crippen LogP contribution in [0.4, 0.5) is 0 Å². The molecule has 1 aromatic heterocycles. The van der Waals surface area contributed by atoms with E-state index in [9.17, 15) is 0 Å². The van der Waals surface area contributed by atoms with Crippen LogP contribution in [-0.2, 0) is 11.3 Å². The third-order valence-corrected chi connectivity index (χ3v) is 3.97. The minimum absolute atomic E-state index is 0.345.